The first-order chi connectivity index (χ1) is 14.1. The van der Waals surface area contributed by atoms with E-state index in [0.29, 0.717) is 25.4 Å². The summed E-state index contributed by atoms with van der Waals surface area (Å²) in [6, 6.07) is 0.102. The highest BCUT2D eigenvalue weighted by Gasteiger charge is 2.29. The molecule has 174 valence electrons. The van der Waals surface area contributed by atoms with Gasteiger partial charge in [-0.05, 0) is 26.3 Å². The second-order valence-corrected chi connectivity index (χ2v) is 6.64. The van der Waals surface area contributed by atoms with Crippen molar-refractivity contribution < 1.29 is 24.3 Å². The fourth-order valence-corrected chi connectivity index (χ4v) is 1.96. The van der Waals surface area contributed by atoms with E-state index in [-0.39, 0.29) is 12.5 Å². The molecule has 3 amide bonds. The minimum Gasteiger partial charge on any atom is -0.480 e. The fraction of sp³-hybridized carbons (Fsp3) is 0.722. The summed E-state index contributed by atoms with van der Waals surface area (Å²) < 4.78 is 0. The fourth-order valence-electron chi connectivity index (χ4n) is 1.96. The number of nitrogens with two attached hydrogens (primary N) is 2. The molecule has 1 saturated heterocycles. The summed E-state index contributed by atoms with van der Waals surface area (Å²) in [4.78, 5) is 48.7. The smallest absolute Gasteiger partial charge is 0.322 e. The summed E-state index contributed by atoms with van der Waals surface area (Å²) in [6.45, 7) is 6.73. The third kappa shape index (κ3) is 17.2. The lowest BCUT2D eigenvalue weighted by atomic mass is 10.2. The molecular formula is C18H37N7O5. The Balaban J connectivity index is 0. The Morgan fingerprint density at radius 3 is 2.23 bits per heavy atom. The number of rotatable bonds is 9. The van der Waals surface area contributed by atoms with Crippen LogP contribution in [0.15, 0.2) is 4.99 Å². The number of carbonyl (C=O) groups excluding carboxylic acids is 3. The van der Waals surface area contributed by atoms with E-state index < -0.39 is 30.4 Å². The average Bonchev–Trinajstić information content (AvgIpc) is 3.18. The van der Waals surface area contributed by atoms with Gasteiger partial charge in [-0.1, -0.05) is 20.8 Å². The van der Waals surface area contributed by atoms with Gasteiger partial charge in [-0.2, -0.15) is 0 Å². The number of likely N-dealkylation sites (tertiary alicyclic amines) is 1. The van der Waals surface area contributed by atoms with Gasteiger partial charge in [-0.3, -0.25) is 24.2 Å². The highest BCUT2D eigenvalue weighted by atomic mass is 16.4. The highest BCUT2D eigenvalue weighted by Crippen LogP contribution is 2.14. The molecule has 0 saturated carbocycles. The van der Waals surface area contributed by atoms with Crippen LogP contribution in [-0.2, 0) is 19.2 Å². The van der Waals surface area contributed by atoms with Crippen molar-refractivity contribution in [2.75, 3.05) is 33.2 Å². The molecule has 0 aromatic carbocycles. The Kier molecular flexibility index (Phi) is 17.7. The van der Waals surface area contributed by atoms with Crippen molar-refractivity contribution in [2.45, 2.75) is 52.1 Å². The molecule has 0 radical (unpaired) electrons. The van der Waals surface area contributed by atoms with Gasteiger partial charge in [-0.15, -0.1) is 0 Å². The van der Waals surface area contributed by atoms with Gasteiger partial charge in [0.25, 0.3) is 0 Å². The number of hydrogen-bond acceptors (Lipinski definition) is 6. The molecule has 12 heteroatoms. The van der Waals surface area contributed by atoms with Crippen molar-refractivity contribution >= 4 is 30.2 Å². The number of nitrogens with one attached hydrogen (secondary N) is 3. The number of guanidine groups is 1. The Morgan fingerprint density at radius 2 is 1.83 bits per heavy atom. The Bertz CT molecular complexity index is 551. The molecule has 0 bridgehead atoms. The number of amides is 3. The average molecular weight is 432 g/mol. The highest BCUT2D eigenvalue weighted by molar-refractivity contribution is 5.89. The maximum Gasteiger partial charge on any atom is 0.322 e. The summed E-state index contributed by atoms with van der Waals surface area (Å²) in [5.41, 5.74) is 10.0. The topological polar surface area (TPSA) is 192 Å². The van der Waals surface area contributed by atoms with Gasteiger partial charge in [-0.25, -0.2) is 0 Å². The van der Waals surface area contributed by atoms with Crippen LogP contribution in [-0.4, -0.2) is 85.5 Å². The van der Waals surface area contributed by atoms with Crippen LogP contribution >= 0.6 is 0 Å². The van der Waals surface area contributed by atoms with Crippen molar-refractivity contribution in [1.82, 2.24) is 20.9 Å². The zero-order valence-electron chi connectivity index (χ0n) is 18.3. The van der Waals surface area contributed by atoms with E-state index >= 15 is 0 Å². The lowest BCUT2D eigenvalue weighted by molar-refractivity contribution is -0.138. The lowest BCUT2D eigenvalue weighted by Crippen LogP contribution is -2.46. The van der Waals surface area contributed by atoms with Crippen LogP contribution in [0.25, 0.3) is 0 Å². The Hall–Kier alpha value is -2.89. The van der Waals surface area contributed by atoms with Gasteiger partial charge in [0, 0.05) is 19.1 Å². The maximum atomic E-state index is 11.6. The van der Waals surface area contributed by atoms with Crippen LogP contribution in [0.3, 0.4) is 0 Å². The molecule has 1 aliphatic rings. The van der Waals surface area contributed by atoms with Crippen LogP contribution in [0.1, 0.15) is 40.0 Å². The summed E-state index contributed by atoms with van der Waals surface area (Å²) in [5, 5.41) is 15.8. The molecule has 1 rings (SSSR count). The van der Waals surface area contributed by atoms with Gasteiger partial charge in [0.05, 0.1) is 6.54 Å². The van der Waals surface area contributed by atoms with Crippen LogP contribution in [0.2, 0.25) is 0 Å². The minimum absolute atomic E-state index is 0.182. The standard InChI is InChI=1S/C10H15N3O5.C4H11N3.C4H11N/c14-6-13-3-1-2-7(13)10(18)12-4-8(15)11-5-9(16)17;1-2-3-7-4(5)6;1-4(2)5-3/h6-7H,1-5H2,(H,11,15)(H,12,18)(H,16,17);2-3H2,1H3,(H4,5,6,7);4-5H,1-3H3. The number of hydrogen-bond donors (Lipinski definition) is 6. The summed E-state index contributed by atoms with van der Waals surface area (Å²) in [7, 11) is 1.95. The van der Waals surface area contributed by atoms with E-state index in [0.717, 1.165) is 19.4 Å². The minimum atomic E-state index is -1.16. The molecule has 12 nitrogen and oxygen atoms in total. The quantitative estimate of drug-likeness (QED) is 0.140. The second kappa shape index (κ2) is 18.2. The summed E-state index contributed by atoms with van der Waals surface area (Å²) >= 11 is 0. The van der Waals surface area contributed by atoms with Gasteiger partial charge < -0.3 is 37.4 Å². The molecule has 0 spiro atoms. The number of carboxylic acids is 1. The largest absolute Gasteiger partial charge is 0.480 e. The van der Waals surface area contributed by atoms with E-state index in [4.69, 9.17) is 16.6 Å². The Labute approximate surface area is 177 Å². The molecule has 0 aliphatic carbocycles. The summed E-state index contributed by atoms with van der Waals surface area (Å²) in [5.74, 6) is -1.95. The van der Waals surface area contributed by atoms with E-state index in [1.165, 1.54) is 4.90 Å². The molecular weight excluding hydrogens is 394 g/mol. The molecule has 0 aromatic heterocycles. The number of aliphatic carboxylic acids is 1. The first-order valence-electron chi connectivity index (χ1n) is 9.78. The van der Waals surface area contributed by atoms with Gasteiger partial charge in [0.15, 0.2) is 5.96 Å². The van der Waals surface area contributed by atoms with Crippen molar-refractivity contribution in [3.05, 3.63) is 0 Å². The van der Waals surface area contributed by atoms with Crippen molar-refractivity contribution in [1.29, 1.82) is 0 Å². The number of carbonyl (C=O) groups is 4. The van der Waals surface area contributed by atoms with Crippen molar-refractivity contribution in [2.24, 2.45) is 16.5 Å². The zero-order chi connectivity index (χ0) is 23.5. The van der Waals surface area contributed by atoms with Crippen molar-refractivity contribution in [3.8, 4) is 0 Å². The third-order valence-electron chi connectivity index (χ3n) is 3.69. The van der Waals surface area contributed by atoms with Crippen molar-refractivity contribution in [3.63, 3.8) is 0 Å². The van der Waals surface area contributed by atoms with Crippen LogP contribution in [0.5, 0.6) is 0 Å². The summed E-state index contributed by atoms with van der Waals surface area (Å²) in [6.07, 6.45) is 2.93. The predicted molar refractivity (Wildman–Crippen MR) is 115 cm³/mol. The second-order valence-electron chi connectivity index (χ2n) is 6.64. The van der Waals surface area contributed by atoms with E-state index in [2.05, 4.69) is 34.8 Å². The first kappa shape index (κ1) is 29.3. The number of aliphatic imine (C=N–C) groups is 1. The number of nitrogens with zero attached hydrogens (tertiary/aromatic N) is 2. The first-order valence-corrected chi connectivity index (χ1v) is 9.78. The maximum absolute atomic E-state index is 11.6. The van der Waals surface area contributed by atoms with Gasteiger partial charge >= 0.3 is 5.97 Å². The normalized spacial score (nSPS) is 14.4. The van der Waals surface area contributed by atoms with Gasteiger partial charge in [0.1, 0.15) is 12.6 Å². The monoisotopic (exact) mass is 431 g/mol. The SMILES string of the molecule is CCCN=C(N)N.CNC(C)C.O=CN1CCCC1C(=O)NCC(=O)NCC(=O)O. The molecule has 8 N–H and O–H groups in total. The molecule has 0 aromatic rings. The molecule has 1 heterocycles. The molecule has 1 unspecified atom stereocenters. The molecule has 1 fully saturated rings. The van der Waals surface area contributed by atoms with E-state index in [9.17, 15) is 19.2 Å². The number of carboxylic acid groups (broad SMARTS) is 1. The lowest BCUT2D eigenvalue weighted by Gasteiger charge is -2.18. The molecule has 1 atom stereocenters. The van der Waals surface area contributed by atoms with Crippen LogP contribution < -0.4 is 27.4 Å². The van der Waals surface area contributed by atoms with E-state index in [1.807, 2.05) is 14.0 Å². The molecule has 30 heavy (non-hydrogen) atoms. The third-order valence-corrected chi connectivity index (χ3v) is 3.69. The van der Waals surface area contributed by atoms with Gasteiger partial charge in [0.2, 0.25) is 18.2 Å². The van der Waals surface area contributed by atoms with Crippen LogP contribution in [0.4, 0.5) is 0 Å². The van der Waals surface area contributed by atoms with E-state index in [1.54, 1.807) is 0 Å². The predicted octanol–water partition coefficient (Wildman–Crippen LogP) is -1.79. The zero-order valence-corrected chi connectivity index (χ0v) is 18.3. The van der Waals surface area contributed by atoms with Crippen LogP contribution in [0, 0.1) is 0 Å². The molecule has 1 aliphatic heterocycles. The Morgan fingerprint density at radius 1 is 1.23 bits per heavy atom.